The van der Waals surface area contributed by atoms with Gasteiger partial charge in [0, 0.05) is 66.3 Å². The molecule has 1 amide bonds. The molecule has 6 rings (SSSR count). The molecule has 3 aliphatic heterocycles. The molecule has 0 spiro atoms. The quantitative estimate of drug-likeness (QED) is 0.531. The van der Waals surface area contributed by atoms with Crippen molar-refractivity contribution >= 4 is 23.7 Å². The summed E-state index contributed by atoms with van der Waals surface area (Å²) in [5.74, 6) is 0.409. The van der Waals surface area contributed by atoms with Gasteiger partial charge in [-0.1, -0.05) is 48.0 Å². The van der Waals surface area contributed by atoms with Gasteiger partial charge in [0.05, 0.1) is 5.60 Å². The molecule has 2 aromatic carbocycles. The number of aliphatic hydroxyl groups is 1. The van der Waals surface area contributed by atoms with Gasteiger partial charge in [-0.2, -0.15) is 0 Å². The number of carbonyl (C=O) groups is 1. The fourth-order valence-electron chi connectivity index (χ4n) is 6.15. The zero-order chi connectivity index (χ0) is 26.1. The lowest BCUT2D eigenvalue weighted by atomic mass is 9.80. The van der Waals surface area contributed by atoms with Gasteiger partial charge in [-0.3, -0.25) is 4.79 Å². The van der Waals surface area contributed by atoms with Gasteiger partial charge in [-0.25, -0.2) is 4.99 Å². The summed E-state index contributed by atoms with van der Waals surface area (Å²) < 4.78 is 2.04. The summed E-state index contributed by atoms with van der Waals surface area (Å²) in [6.45, 7) is 3.85. The molecule has 0 bridgehead atoms. The van der Waals surface area contributed by atoms with E-state index in [1.807, 2.05) is 64.2 Å². The van der Waals surface area contributed by atoms with Gasteiger partial charge < -0.3 is 24.8 Å². The Labute approximate surface area is 228 Å². The van der Waals surface area contributed by atoms with Gasteiger partial charge in [0.25, 0.3) is 0 Å². The van der Waals surface area contributed by atoms with E-state index in [2.05, 4.69) is 28.5 Å². The Morgan fingerprint density at radius 1 is 1.11 bits per heavy atom. The minimum absolute atomic E-state index is 0.0129. The molecule has 0 radical (unpaired) electrons. The summed E-state index contributed by atoms with van der Waals surface area (Å²) >= 11 is 6.19. The number of halogens is 1. The number of aromatic nitrogens is 1. The highest BCUT2D eigenvalue weighted by atomic mass is 35.5. The van der Waals surface area contributed by atoms with Crippen LogP contribution in [0.25, 0.3) is 11.9 Å². The lowest BCUT2D eigenvalue weighted by molar-refractivity contribution is -0.141. The first-order chi connectivity index (χ1) is 18.5. The molecule has 0 aliphatic carbocycles. The maximum Gasteiger partial charge on any atom is 0.226 e. The number of piperidine rings is 2. The molecule has 2 atom stereocenters. The maximum atomic E-state index is 13.6. The van der Waals surface area contributed by atoms with Crippen molar-refractivity contribution in [1.82, 2.24) is 19.7 Å². The summed E-state index contributed by atoms with van der Waals surface area (Å²) in [4.78, 5) is 22.5. The van der Waals surface area contributed by atoms with Gasteiger partial charge in [-0.05, 0) is 55.6 Å². The standard InChI is InChI=1S/C30H34ClN5O2/c31-24-7-4-8-25(17-24)36-14-10-23-19-34(21-33-28(23)36)20-30(38)11-15-35(16-12-30)29(37)26-9-13-32-18-27(26)22-5-2-1-3-6-22/h1-8,10,14,17,19,26-27,32,38H,9,11-13,15-16,18,20-21H2/t26-,27+/m1/s1. The van der Waals surface area contributed by atoms with E-state index in [0.717, 1.165) is 35.9 Å². The van der Waals surface area contributed by atoms with E-state index in [4.69, 9.17) is 16.6 Å². The molecule has 0 unspecified atom stereocenters. The molecule has 2 saturated heterocycles. The van der Waals surface area contributed by atoms with Gasteiger partial charge in [0.15, 0.2) is 0 Å². The summed E-state index contributed by atoms with van der Waals surface area (Å²) in [5, 5.41) is 16.6. The number of likely N-dealkylation sites (tertiary alicyclic amines) is 1. The number of carbonyl (C=O) groups excluding carboxylic acids is 1. The number of nitrogens with zero attached hydrogens (tertiary/aromatic N) is 4. The Hall–Kier alpha value is -3.13. The van der Waals surface area contributed by atoms with Crippen LogP contribution in [0.1, 0.15) is 30.7 Å². The predicted molar refractivity (Wildman–Crippen MR) is 149 cm³/mol. The second-order valence-electron chi connectivity index (χ2n) is 10.8. The number of β-amino-alcohol motifs (C(OH)–C–C–N with tert-alkyl or cyclic N) is 1. The van der Waals surface area contributed by atoms with Crippen molar-refractivity contribution in [2.75, 3.05) is 39.4 Å². The number of fused-ring (bicyclic) bond motifs is 1. The second kappa shape index (κ2) is 10.6. The summed E-state index contributed by atoms with van der Waals surface area (Å²) in [6, 6.07) is 20.1. The van der Waals surface area contributed by atoms with Crippen LogP contribution in [0, 0.1) is 5.92 Å². The van der Waals surface area contributed by atoms with Crippen molar-refractivity contribution < 1.29 is 9.90 Å². The monoisotopic (exact) mass is 531 g/mol. The van der Waals surface area contributed by atoms with Gasteiger partial charge >= 0.3 is 0 Å². The van der Waals surface area contributed by atoms with Gasteiger partial charge in [-0.15, -0.1) is 0 Å². The van der Waals surface area contributed by atoms with Crippen LogP contribution in [-0.4, -0.2) is 70.4 Å². The second-order valence-corrected chi connectivity index (χ2v) is 11.2. The van der Waals surface area contributed by atoms with Gasteiger partial charge in [0.2, 0.25) is 5.91 Å². The largest absolute Gasteiger partial charge is 0.388 e. The van der Waals surface area contributed by atoms with E-state index in [9.17, 15) is 9.90 Å². The van der Waals surface area contributed by atoms with Crippen LogP contribution in [0.2, 0.25) is 5.02 Å². The van der Waals surface area contributed by atoms with Crippen molar-refractivity contribution in [3.05, 3.63) is 88.2 Å². The number of nitrogens with one attached hydrogen (secondary N) is 1. The molecule has 2 fully saturated rings. The van der Waals surface area contributed by atoms with Crippen LogP contribution in [0.3, 0.4) is 0 Å². The fraction of sp³-hybridized carbons (Fsp3) is 0.400. The van der Waals surface area contributed by atoms with Crippen molar-refractivity contribution in [1.29, 1.82) is 0 Å². The van der Waals surface area contributed by atoms with Crippen LogP contribution in [0.5, 0.6) is 0 Å². The van der Waals surface area contributed by atoms with Crippen molar-refractivity contribution in [2.45, 2.75) is 30.8 Å². The van der Waals surface area contributed by atoms with E-state index >= 15 is 0 Å². The number of benzene rings is 2. The van der Waals surface area contributed by atoms with Crippen LogP contribution >= 0.6 is 11.6 Å². The zero-order valence-corrected chi connectivity index (χ0v) is 22.2. The molecule has 1 aromatic heterocycles. The highest BCUT2D eigenvalue weighted by Gasteiger charge is 2.39. The highest BCUT2D eigenvalue weighted by Crippen LogP contribution is 2.33. The van der Waals surface area contributed by atoms with Crippen LogP contribution in [0.15, 0.2) is 71.9 Å². The van der Waals surface area contributed by atoms with Gasteiger partial charge in [0.1, 0.15) is 12.2 Å². The molecular weight excluding hydrogens is 498 g/mol. The smallest absolute Gasteiger partial charge is 0.226 e. The lowest BCUT2D eigenvalue weighted by Crippen LogP contribution is -2.54. The average molecular weight is 532 g/mol. The normalized spacial score (nSPS) is 22.8. The Bertz CT molecular complexity index is 1410. The average Bonchev–Trinajstić information content (AvgIpc) is 3.37. The lowest BCUT2D eigenvalue weighted by Gasteiger charge is -2.43. The molecule has 198 valence electrons. The van der Waals surface area contributed by atoms with Crippen molar-refractivity contribution in [3.8, 4) is 5.69 Å². The number of hydrogen-bond donors (Lipinski definition) is 2. The highest BCUT2D eigenvalue weighted by molar-refractivity contribution is 6.30. The number of hydrogen-bond acceptors (Lipinski definition) is 5. The molecule has 0 saturated carbocycles. The Kier molecular flexibility index (Phi) is 6.99. The predicted octanol–water partition coefficient (Wildman–Crippen LogP) is 2.51. The molecule has 3 aliphatic rings. The first-order valence-electron chi connectivity index (χ1n) is 13.5. The third kappa shape index (κ3) is 5.10. The molecule has 7 nitrogen and oxygen atoms in total. The topological polar surface area (TPSA) is 73.1 Å². The van der Waals surface area contributed by atoms with E-state index in [-0.39, 0.29) is 17.7 Å². The molecule has 3 aromatic rings. The van der Waals surface area contributed by atoms with Crippen molar-refractivity contribution in [3.63, 3.8) is 0 Å². The molecule has 2 N–H and O–H groups in total. The first kappa shape index (κ1) is 25.2. The molecule has 8 heteroatoms. The van der Waals surface area contributed by atoms with Crippen LogP contribution in [-0.2, 0) is 4.79 Å². The first-order valence-corrected chi connectivity index (χ1v) is 13.9. The number of amides is 1. The summed E-state index contributed by atoms with van der Waals surface area (Å²) in [6.07, 6.45) is 6.07. The van der Waals surface area contributed by atoms with E-state index in [1.165, 1.54) is 5.56 Å². The SMILES string of the molecule is O=C([C@@H]1CCNC[C@H]1c1ccccc1)N1CCC(O)(CN2C=c3ccn(-c4cccc(Cl)c4)c3=NC2)CC1. The number of rotatable bonds is 5. The maximum absolute atomic E-state index is 13.6. The van der Waals surface area contributed by atoms with E-state index < -0.39 is 5.60 Å². The molecule has 38 heavy (non-hydrogen) atoms. The van der Waals surface area contributed by atoms with E-state index in [1.54, 1.807) is 0 Å². The molecule has 4 heterocycles. The Balaban J connectivity index is 1.10. The summed E-state index contributed by atoms with van der Waals surface area (Å²) in [5.41, 5.74) is 2.25. The van der Waals surface area contributed by atoms with E-state index in [0.29, 0.717) is 44.2 Å². The third-order valence-electron chi connectivity index (χ3n) is 8.23. The summed E-state index contributed by atoms with van der Waals surface area (Å²) in [7, 11) is 0. The zero-order valence-electron chi connectivity index (χ0n) is 21.5. The van der Waals surface area contributed by atoms with Crippen LogP contribution < -0.4 is 16.0 Å². The van der Waals surface area contributed by atoms with Crippen LogP contribution in [0.4, 0.5) is 0 Å². The minimum atomic E-state index is -0.844. The third-order valence-corrected chi connectivity index (χ3v) is 8.47. The fourth-order valence-corrected chi connectivity index (χ4v) is 6.34. The Morgan fingerprint density at radius 3 is 2.71 bits per heavy atom. The molecular formula is C30H34ClN5O2. The van der Waals surface area contributed by atoms with Crippen molar-refractivity contribution in [2.24, 2.45) is 10.9 Å². The minimum Gasteiger partial charge on any atom is -0.388 e. The Morgan fingerprint density at radius 2 is 1.92 bits per heavy atom.